The number of hydrogen-bond acceptors (Lipinski definition) is 4. The van der Waals surface area contributed by atoms with Crippen LogP contribution in [0.3, 0.4) is 0 Å². The van der Waals surface area contributed by atoms with Crippen molar-refractivity contribution < 1.29 is 13.2 Å². The summed E-state index contributed by atoms with van der Waals surface area (Å²) in [7, 11) is -0.273. The number of ether oxygens (including phenoxy) is 1. The summed E-state index contributed by atoms with van der Waals surface area (Å²) < 4.78 is 28.0. The molecular weight excluding hydrogens is 455 g/mol. The number of methoxy groups -OCH3 is 1. The highest BCUT2D eigenvalue weighted by Gasteiger charge is 2.24. The van der Waals surface area contributed by atoms with Gasteiger partial charge in [0.1, 0.15) is 0 Å². The van der Waals surface area contributed by atoms with E-state index in [9.17, 15) is 8.42 Å². The van der Waals surface area contributed by atoms with Crippen LogP contribution in [0.2, 0.25) is 0 Å². The lowest BCUT2D eigenvalue weighted by molar-refractivity contribution is 0.0205. The van der Waals surface area contributed by atoms with E-state index in [1.807, 2.05) is 0 Å². The summed E-state index contributed by atoms with van der Waals surface area (Å²) >= 11 is 0. The highest BCUT2D eigenvalue weighted by Crippen LogP contribution is 2.20. The number of nitrogens with one attached hydrogen (secondary N) is 2. The fourth-order valence-corrected chi connectivity index (χ4v) is 2.65. The molecule has 0 aliphatic carbocycles. The number of guanidine groups is 1. The van der Waals surface area contributed by atoms with Crippen LogP contribution < -0.4 is 15.8 Å². The first-order chi connectivity index (χ1) is 11.1. The molecule has 144 valence electrons. The van der Waals surface area contributed by atoms with Gasteiger partial charge in [0, 0.05) is 27.2 Å². The van der Waals surface area contributed by atoms with Gasteiger partial charge in [0.25, 0.3) is 0 Å². The molecule has 0 bridgehead atoms. The van der Waals surface area contributed by atoms with Gasteiger partial charge in [-0.15, -0.1) is 24.0 Å². The van der Waals surface area contributed by atoms with E-state index < -0.39 is 10.0 Å². The van der Waals surface area contributed by atoms with Crippen molar-refractivity contribution in [2.45, 2.75) is 38.3 Å². The molecule has 7 nitrogen and oxygen atoms in total. The molecule has 0 spiro atoms. The van der Waals surface area contributed by atoms with E-state index >= 15 is 0 Å². The van der Waals surface area contributed by atoms with E-state index in [1.54, 1.807) is 26.3 Å². The van der Waals surface area contributed by atoms with E-state index in [-0.39, 0.29) is 40.4 Å². The monoisotopic (exact) mass is 484 g/mol. The van der Waals surface area contributed by atoms with Crippen LogP contribution >= 0.6 is 24.0 Å². The number of primary sulfonamides is 1. The molecule has 0 radical (unpaired) electrons. The molecule has 0 saturated carbocycles. The highest BCUT2D eigenvalue weighted by molar-refractivity contribution is 14.0. The molecule has 0 aliphatic heterocycles. The van der Waals surface area contributed by atoms with Crippen LogP contribution in [0.4, 0.5) is 0 Å². The second kappa shape index (κ2) is 10.3. The normalized spacial score (nSPS) is 13.8. The van der Waals surface area contributed by atoms with Gasteiger partial charge in [0.2, 0.25) is 10.0 Å². The lowest BCUT2D eigenvalue weighted by Crippen LogP contribution is -2.45. The summed E-state index contributed by atoms with van der Waals surface area (Å²) in [4.78, 5) is 4.27. The molecule has 0 fully saturated rings. The van der Waals surface area contributed by atoms with Gasteiger partial charge >= 0.3 is 0 Å². The molecular formula is C16H29IN4O3S. The fraction of sp³-hybridized carbons (Fsp3) is 0.562. The lowest BCUT2D eigenvalue weighted by atomic mass is 9.89. The third-order valence-corrected chi connectivity index (χ3v) is 4.57. The number of nitrogens with zero attached hydrogens (tertiary/aromatic N) is 1. The number of nitrogens with two attached hydrogens (primary N) is 1. The van der Waals surface area contributed by atoms with E-state index in [0.29, 0.717) is 19.0 Å². The third-order valence-electron chi connectivity index (χ3n) is 3.64. The van der Waals surface area contributed by atoms with Crippen LogP contribution in [0.15, 0.2) is 34.2 Å². The maximum Gasteiger partial charge on any atom is 0.238 e. The molecule has 0 saturated heterocycles. The van der Waals surface area contributed by atoms with Crippen LogP contribution in [0, 0.1) is 5.41 Å². The van der Waals surface area contributed by atoms with Crippen molar-refractivity contribution in [3.63, 3.8) is 0 Å². The maximum atomic E-state index is 11.2. The Kier molecular flexibility index (Phi) is 9.92. The first-order valence-corrected chi connectivity index (χ1v) is 9.21. The smallest absolute Gasteiger partial charge is 0.238 e. The Hall–Kier alpha value is -0.910. The average molecular weight is 484 g/mol. The number of rotatable bonds is 6. The van der Waals surface area contributed by atoms with E-state index in [1.165, 1.54) is 12.1 Å². The molecule has 0 heterocycles. The standard InChI is InChI=1S/C16H28N4O3S.HI/c1-16(2,3)14(23-5)11-20-15(18-4)19-10-12-6-8-13(9-7-12)24(17,21)22;/h6-9,14H,10-11H2,1-5H3,(H2,17,21,22)(H2,18,19,20);1H. The Bertz CT molecular complexity index is 655. The zero-order valence-electron chi connectivity index (χ0n) is 15.4. The van der Waals surface area contributed by atoms with Crippen molar-refractivity contribution in [2.24, 2.45) is 15.5 Å². The molecule has 1 rings (SSSR count). The van der Waals surface area contributed by atoms with Crippen molar-refractivity contribution in [3.8, 4) is 0 Å². The van der Waals surface area contributed by atoms with Gasteiger partial charge in [-0.2, -0.15) is 0 Å². The Balaban J connectivity index is 0.00000576. The first-order valence-electron chi connectivity index (χ1n) is 7.67. The zero-order chi connectivity index (χ0) is 18.4. The SMILES string of the molecule is CN=C(NCc1ccc(S(N)(=O)=O)cc1)NCC(OC)C(C)(C)C.I. The van der Waals surface area contributed by atoms with Gasteiger partial charge in [-0.3, -0.25) is 4.99 Å². The predicted molar refractivity (Wildman–Crippen MR) is 112 cm³/mol. The van der Waals surface area contributed by atoms with Gasteiger partial charge in [0.05, 0.1) is 11.0 Å². The number of aliphatic imine (C=N–C) groups is 1. The van der Waals surface area contributed by atoms with Crippen molar-refractivity contribution >= 4 is 40.0 Å². The Morgan fingerprint density at radius 3 is 2.20 bits per heavy atom. The van der Waals surface area contributed by atoms with Crippen molar-refractivity contribution in [1.82, 2.24) is 10.6 Å². The van der Waals surface area contributed by atoms with Crippen LogP contribution in [0.1, 0.15) is 26.3 Å². The minimum atomic E-state index is -3.66. The average Bonchev–Trinajstić information content (AvgIpc) is 2.49. The minimum Gasteiger partial charge on any atom is -0.379 e. The number of hydrogen-bond donors (Lipinski definition) is 3. The van der Waals surface area contributed by atoms with Gasteiger partial charge in [-0.1, -0.05) is 32.9 Å². The minimum absolute atomic E-state index is 0. The molecule has 9 heteroatoms. The topological polar surface area (TPSA) is 106 Å². The van der Waals surface area contributed by atoms with E-state index in [4.69, 9.17) is 9.88 Å². The quantitative estimate of drug-likeness (QED) is 0.324. The van der Waals surface area contributed by atoms with E-state index in [0.717, 1.165) is 5.56 Å². The molecule has 0 amide bonds. The van der Waals surface area contributed by atoms with Gasteiger partial charge in [-0.25, -0.2) is 13.6 Å². The predicted octanol–water partition coefficient (Wildman–Crippen LogP) is 1.68. The molecule has 25 heavy (non-hydrogen) atoms. The van der Waals surface area contributed by atoms with Crippen LogP contribution in [-0.4, -0.2) is 41.2 Å². The Morgan fingerprint density at radius 1 is 1.24 bits per heavy atom. The summed E-state index contributed by atoms with van der Waals surface area (Å²) in [5.74, 6) is 0.650. The van der Waals surface area contributed by atoms with Crippen LogP contribution in [0.25, 0.3) is 0 Å². The number of halogens is 1. The van der Waals surface area contributed by atoms with Crippen LogP contribution in [-0.2, 0) is 21.3 Å². The summed E-state index contributed by atoms with van der Waals surface area (Å²) in [6.07, 6.45) is 0.0464. The van der Waals surface area contributed by atoms with Gasteiger partial charge in [0.15, 0.2) is 5.96 Å². The summed E-state index contributed by atoms with van der Waals surface area (Å²) in [6.45, 7) is 7.49. The summed E-state index contributed by atoms with van der Waals surface area (Å²) in [6, 6.07) is 6.41. The second-order valence-corrected chi connectivity index (χ2v) is 8.15. The van der Waals surface area contributed by atoms with Crippen molar-refractivity contribution in [3.05, 3.63) is 29.8 Å². The molecule has 1 unspecified atom stereocenters. The third kappa shape index (κ3) is 8.34. The number of benzene rings is 1. The molecule has 0 aromatic heterocycles. The van der Waals surface area contributed by atoms with Crippen LogP contribution in [0.5, 0.6) is 0 Å². The Morgan fingerprint density at radius 2 is 1.80 bits per heavy atom. The molecule has 1 aromatic rings. The Labute approximate surface area is 167 Å². The summed E-state index contributed by atoms with van der Waals surface area (Å²) in [5, 5.41) is 11.5. The highest BCUT2D eigenvalue weighted by atomic mass is 127. The van der Waals surface area contributed by atoms with E-state index in [2.05, 4.69) is 36.4 Å². The first kappa shape index (κ1) is 24.1. The second-order valence-electron chi connectivity index (χ2n) is 6.59. The zero-order valence-corrected chi connectivity index (χ0v) is 18.5. The molecule has 0 aliphatic rings. The lowest BCUT2D eigenvalue weighted by Gasteiger charge is -2.30. The van der Waals surface area contributed by atoms with Gasteiger partial charge in [-0.05, 0) is 23.1 Å². The van der Waals surface area contributed by atoms with Gasteiger partial charge < -0.3 is 15.4 Å². The maximum absolute atomic E-state index is 11.2. The van der Waals surface area contributed by atoms with Crippen molar-refractivity contribution in [2.75, 3.05) is 20.7 Å². The molecule has 4 N–H and O–H groups in total. The van der Waals surface area contributed by atoms with Crippen molar-refractivity contribution in [1.29, 1.82) is 0 Å². The number of sulfonamides is 1. The summed E-state index contributed by atoms with van der Waals surface area (Å²) in [5.41, 5.74) is 0.939. The molecule has 1 atom stereocenters. The largest absolute Gasteiger partial charge is 0.379 e. The molecule has 1 aromatic carbocycles. The fourth-order valence-electron chi connectivity index (χ4n) is 2.14.